The van der Waals surface area contributed by atoms with Crippen molar-refractivity contribution in [3.8, 4) is 11.1 Å². The van der Waals surface area contributed by atoms with Crippen LogP contribution in [-0.4, -0.2) is 30.2 Å². The van der Waals surface area contributed by atoms with E-state index in [9.17, 15) is 13.2 Å². The molecule has 0 aliphatic heterocycles. The Balaban J connectivity index is 2.06. The van der Waals surface area contributed by atoms with Gasteiger partial charge in [0.2, 0.25) is 0 Å². The van der Waals surface area contributed by atoms with Gasteiger partial charge in [0.05, 0.1) is 5.75 Å². The molecule has 120 valence electrons. The van der Waals surface area contributed by atoms with E-state index in [2.05, 4.69) is 4.98 Å². The number of carbonyl (C=O) groups is 1. The second kappa shape index (κ2) is 5.77. The molecule has 0 atom stereocenters. The van der Waals surface area contributed by atoms with Crippen LogP contribution >= 0.6 is 0 Å². The number of sulfone groups is 1. The smallest absolute Gasteiger partial charge is 0.355 e. The fraction of sp³-hybridized carbons (Fsp3) is 0.294. The Hall–Kier alpha value is -2.21. The largest absolute Gasteiger partial charge is 0.476 e. The van der Waals surface area contributed by atoms with Crippen LogP contribution in [0, 0.1) is 0 Å². The van der Waals surface area contributed by atoms with Gasteiger partial charge in [-0.1, -0.05) is 31.2 Å². The number of rotatable bonds is 5. The highest BCUT2D eigenvalue weighted by atomic mass is 32.2. The highest BCUT2D eigenvalue weighted by Gasteiger charge is 2.24. The van der Waals surface area contributed by atoms with E-state index >= 15 is 0 Å². The number of pyridine rings is 1. The molecular weight excluding hydrogens is 314 g/mol. The Morgan fingerprint density at radius 1 is 1.22 bits per heavy atom. The predicted molar refractivity (Wildman–Crippen MR) is 86.3 cm³/mol. The predicted octanol–water partition coefficient (Wildman–Crippen LogP) is 3.12. The minimum Gasteiger partial charge on any atom is -0.476 e. The number of benzene rings is 1. The number of hydrogen-bond acceptors (Lipinski definition) is 4. The van der Waals surface area contributed by atoms with Crippen LogP contribution in [0.4, 0.5) is 0 Å². The zero-order valence-corrected chi connectivity index (χ0v) is 13.5. The second-order valence-corrected chi connectivity index (χ2v) is 7.92. The van der Waals surface area contributed by atoms with Crippen molar-refractivity contribution in [2.45, 2.75) is 30.6 Å². The first kappa shape index (κ1) is 15.7. The summed E-state index contributed by atoms with van der Waals surface area (Å²) in [5.41, 5.74) is 2.28. The van der Waals surface area contributed by atoms with E-state index in [-0.39, 0.29) is 10.6 Å². The molecule has 1 saturated carbocycles. The van der Waals surface area contributed by atoms with Gasteiger partial charge in [-0.2, -0.15) is 0 Å². The molecule has 0 amide bonds. The molecule has 0 bridgehead atoms. The lowest BCUT2D eigenvalue weighted by Gasteiger charge is -2.09. The Morgan fingerprint density at radius 3 is 2.39 bits per heavy atom. The Kier molecular flexibility index (Phi) is 3.93. The number of carboxylic acid groups (broad SMARTS) is 1. The molecule has 1 aliphatic carbocycles. The van der Waals surface area contributed by atoms with E-state index in [1.807, 2.05) is 24.3 Å². The van der Waals surface area contributed by atoms with Crippen molar-refractivity contribution < 1.29 is 18.3 Å². The van der Waals surface area contributed by atoms with Crippen molar-refractivity contribution in [1.82, 2.24) is 4.98 Å². The fourth-order valence-electron chi connectivity index (χ4n) is 2.52. The van der Waals surface area contributed by atoms with Gasteiger partial charge < -0.3 is 5.11 Å². The summed E-state index contributed by atoms with van der Waals surface area (Å²) >= 11 is 0. The summed E-state index contributed by atoms with van der Waals surface area (Å²) in [4.78, 5) is 14.9. The summed E-state index contributed by atoms with van der Waals surface area (Å²) in [6.45, 7) is 1.48. The summed E-state index contributed by atoms with van der Waals surface area (Å²) in [6, 6.07) is 9.32. The minimum atomic E-state index is -3.66. The summed E-state index contributed by atoms with van der Waals surface area (Å²) < 4.78 is 24.3. The van der Waals surface area contributed by atoms with Gasteiger partial charge in [-0.15, -0.1) is 0 Å². The van der Waals surface area contributed by atoms with E-state index < -0.39 is 21.5 Å². The molecule has 2 aromatic rings. The van der Waals surface area contributed by atoms with Crippen molar-refractivity contribution in [2.75, 3.05) is 5.75 Å². The molecule has 1 aromatic heterocycles. The molecule has 0 radical (unpaired) electrons. The summed E-state index contributed by atoms with van der Waals surface area (Å²) in [5, 5.41) is 9.16. The molecule has 0 saturated heterocycles. The van der Waals surface area contributed by atoms with Crippen molar-refractivity contribution >= 4 is 15.8 Å². The average molecular weight is 331 g/mol. The maximum Gasteiger partial charge on any atom is 0.355 e. The molecule has 1 heterocycles. The lowest BCUT2D eigenvalue weighted by atomic mass is 10.0. The topological polar surface area (TPSA) is 84.3 Å². The highest BCUT2D eigenvalue weighted by molar-refractivity contribution is 7.91. The van der Waals surface area contributed by atoms with Gasteiger partial charge in [0.1, 0.15) is 4.90 Å². The Labute approximate surface area is 134 Å². The highest BCUT2D eigenvalue weighted by Crippen LogP contribution is 2.40. The van der Waals surface area contributed by atoms with Crippen molar-refractivity contribution in [2.24, 2.45) is 0 Å². The number of aromatic nitrogens is 1. The van der Waals surface area contributed by atoms with Crippen LogP contribution in [0.15, 0.2) is 41.4 Å². The monoisotopic (exact) mass is 331 g/mol. The minimum absolute atomic E-state index is 0.168. The molecule has 1 aromatic carbocycles. The quantitative estimate of drug-likeness (QED) is 0.910. The third-order valence-corrected chi connectivity index (χ3v) is 5.80. The van der Waals surface area contributed by atoms with E-state index in [0.717, 1.165) is 5.56 Å². The first-order valence-electron chi connectivity index (χ1n) is 7.49. The molecule has 1 fully saturated rings. The molecule has 23 heavy (non-hydrogen) atoms. The van der Waals surface area contributed by atoms with Gasteiger partial charge in [0.25, 0.3) is 0 Å². The average Bonchev–Trinajstić information content (AvgIpc) is 3.39. The number of aromatic carboxylic acids is 1. The van der Waals surface area contributed by atoms with Gasteiger partial charge in [0, 0.05) is 11.8 Å². The van der Waals surface area contributed by atoms with Gasteiger partial charge >= 0.3 is 5.97 Å². The SMILES string of the molecule is CCS(=O)(=O)c1cc(-c2ccc(C3CC3)cc2)cnc1C(=O)O. The third-order valence-electron chi connectivity index (χ3n) is 4.06. The standard InChI is InChI=1S/C17H17NO4S/c1-2-23(21,22)15-9-14(10-18-16(15)17(19)20)13-7-5-12(6-8-13)11-3-4-11/h5-11H,2-4H2,1H3,(H,19,20). The van der Waals surface area contributed by atoms with Crippen LogP contribution in [0.5, 0.6) is 0 Å². The summed E-state index contributed by atoms with van der Waals surface area (Å²) in [7, 11) is -3.66. The van der Waals surface area contributed by atoms with Crippen molar-refractivity contribution in [1.29, 1.82) is 0 Å². The van der Waals surface area contributed by atoms with Gasteiger partial charge in [-0.05, 0) is 36.0 Å². The maximum absolute atomic E-state index is 12.2. The number of carboxylic acids is 1. The molecular formula is C17H17NO4S. The Morgan fingerprint density at radius 2 is 1.87 bits per heavy atom. The molecule has 0 unspecified atom stereocenters. The maximum atomic E-state index is 12.2. The van der Waals surface area contributed by atoms with Crippen LogP contribution in [0.25, 0.3) is 11.1 Å². The third kappa shape index (κ3) is 3.12. The lowest BCUT2D eigenvalue weighted by Crippen LogP contribution is -2.13. The first-order valence-corrected chi connectivity index (χ1v) is 9.14. The van der Waals surface area contributed by atoms with Crippen LogP contribution in [-0.2, 0) is 9.84 Å². The molecule has 3 rings (SSSR count). The molecule has 1 N–H and O–H groups in total. The van der Waals surface area contributed by atoms with Crippen LogP contribution < -0.4 is 0 Å². The fourth-order valence-corrected chi connectivity index (χ4v) is 3.57. The lowest BCUT2D eigenvalue weighted by molar-refractivity contribution is 0.0686. The van der Waals surface area contributed by atoms with Gasteiger partial charge in [0.15, 0.2) is 15.5 Å². The summed E-state index contributed by atoms with van der Waals surface area (Å²) in [6.07, 6.45) is 3.84. The van der Waals surface area contributed by atoms with Crippen LogP contribution in [0.1, 0.15) is 41.7 Å². The summed E-state index contributed by atoms with van der Waals surface area (Å²) in [5.74, 6) is -0.862. The zero-order chi connectivity index (χ0) is 16.6. The normalized spacial score (nSPS) is 14.7. The van der Waals surface area contributed by atoms with Gasteiger partial charge in [-0.25, -0.2) is 18.2 Å². The number of nitrogens with zero attached hydrogens (tertiary/aromatic N) is 1. The molecule has 5 nitrogen and oxygen atoms in total. The van der Waals surface area contributed by atoms with Crippen LogP contribution in [0.2, 0.25) is 0 Å². The first-order chi connectivity index (χ1) is 10.9. The zero-order valence-electron chi connectivity index (χ0n) is 12.7. The van der Waals surface area contributed by atoms with E-state index in [1.54, 1.807) is 0 Å². The second-order valence-electron chi connectivity index (χ2n) is 5.68. The van der Waals surface area contributed by atoms with E-state index in [1.165, 1.54) is 37.6 Å². The molecule has 0 spiro atoms. The molecule has 6 heteroatoms. The van der Waals surface area contributed by atoms with Crippen molar-refractivity contribution in [3.05, 3.63) is 47.8 Å². The molecule has 1 aliphatic rings. The van der Waals surface area contributed by atoms with Gasteiger partial charge in [-0.3, -0.25) is 0 Å². The van der Waals surface area contributed by atoms with E-state index in [0.29, 0.717) is 11.5 Å². The van der Waals surface area contributed by atoms with Crippen molar-refractivity contribution in [3.63, 3.8) is 0 Å². The van der Waals surface area contributed by atoms with Crippen LogP contribution in [0.3, 0.4) is 0 Å². The number of hydrogen-bond donors (Lipinski definition) is 1. The van der Waals surface area contributed by atoms with E-state index in [4.69, 9.17) is 5.11 Å². The Bertz CT molecular complexity index is 853.